The number of piperazine rings is 1. The summed E-state index contributed by atoms with van der Waals surface area (Å²) in [6.45, 7) is 10.1. The van der Waals surface area contributed by atoms with Crippen LogP contribution in [0, 0.1) is 6.92 Å². The maximum atomic E-state index is 12.4. The molecule has 0 unspecified atom stereocenters. The number of β-amino-alcohol motifs (C(OH)–C–C–N with tert-alkyl or cyclic N) is 1. The Balaban J connectivity index is 1.79. The van der Waals surface area contributed by atoms with Gasteiger partial charge in [0.2, 0.25) is 5.91 Å². The molecule has 1 amide bonds. The molecule has 1 aliphatic heterocycles. The first kappa shape index (κ1) is 18.0. The van der Waals surface area contributed by atoms with Crippen LogP contribution in [0.25, 0.3) is 0 Å². The second-order valence-corrected chi connectivity index (χ2v) is 6.69. The van der Waals surface area contributed by atoms with Gasteiger partial charge in [0, 0.05) is 39.3 Å². The van der Waals surface area contributed by atoms with Gasteiger partial charge in [0.05, 0.1) is 19.2 Å². The molecule has 6 heteroatoms. The minimum atomic E-state index is -0.312. The fourth-order valence-corrected chi connectivity index (χ4v) is 3.03. The molecule has 2 heterocycles. The molecule has 23 heavy (non-hydrogen) atoms. The van der Waals surface area contributed by atoms with E-state index in [9.17, 15) is 9.90 Å². The van der Waals surface area contributed by atoms with Crippen LogP contribution < -0.4 is 0 Å². The van der Waals surface area contributed by atoms with Crippen LogP contribution in [0.3, 0.4) is 0 Å². The maximum Gasteiger partial charge on any atom is 0.236 e. The summed E-state index contributed by atoms with van der Waals surface area (Å²) in [7, 11) is 1.81. The van der Waals surface area contributed by atoms with Crippen molar-refractivity contribution in [3.63, 3.8) is 0 Å². The van der Waals surface area contributed by atoms with Crippen molar-refractivity contribution < 1.29 is 14.3 Å². The van der Waals surface area contributed by atoms with E-state index in [-0.39, 0.29) is 12.0 Å². The standard InChI is InChI=1S/C17H29N3O3/c1-13-9-19(7-8-20(13)10-14(2)21)12-17(22)18(4)11-16-6-5-15(3)23-16/h5-6,13-14,21H,7-12H2,1-4H3/t13-,14-/m1/s1. The van der Waals surface area contributed by atoms with Gasteiger partial charge in [-0.3, -0.25) is 14.6 Å². The average Bonchev–Trinajstić information content (AvgIpc) is 2.86. The van der Waals surface area contributed by atoms with Crippen LogP contribution in [0.4, 0.5) is 0 Å². The molecule has 2 rings (SSSR count). The second-order valence-electron chi connectivity index (χ2n) is 6.69. The maximum absolute atomic E-state index is 12.4. The van der Waals surface area contributed by atoms with Gasteiger partial charge in [-0.2, -0.15) is 0 Å². The Morgan fingerprint density at radius 2 is 2.22 bits per heavy atom. The van der Waals surface area contributed by atoms with E-state index in [1.54, 1.807) is 4.90 Å². The SMILES string of the molecule is Cc1ccc(CN(C)C(=O)CN2CCN(C[C@@H](C)O)[C@H](C)C2)o1. The molecule has 6 nitrogen and oxygen atoms in total. The topological polar surface area (TPSA) is 60.2 Å². The Morgan fingerprint density at radius 3 is 2.78 bits per heavy atom. The molecule has 1 aliphatic rings. The monoisotopic (exact) mass is 323 g/mol. The summed E-state index contributed by atoms with van der Waals surface area (Å²) in [6.07, 6.45) is -0.312. The van der Waals surface area contributed by atoms with Gasteiger partial charge in [-0.1, -0.05) is 0 Å². The zero-order valence-corrected chi connectivity index (χ0v) is 14.7. The van der Waals surface area contributed by atoms with Crippen molar-refractivity contribution in [2.75, 3.05) is 39.8 Å². The highest BCUT2D eigenvalue weighted by Gasteiger charge is 2.26. The molecule has 130 valence electrons. The van der Waals surface area contributed by atoms with E-state index in [0.717, 1.165) is 31.2 Å². The fourth-order valence-electron chi connectivity index (χ4n) is 3.03. The Morgan fingerprint density at radius 1 is 1.48 bits per heavy atom. The van der Waals surface area contributed by atoms with E-state index in [1.807, 2.05) is 33.0 Å². The third kappa shape index (κ3) is 5.34. The smallest absolute Gasteiger partial charge is 0.236 e. The summed E-state index contributed by atoms with van der Waals surface area (Å²) < 4.78 is 5.52. The summed E-state index contributed by atoms with van der Waals surface area (Å²) in [5.41, 5.74) is 0. The summed E-state index contributed by atoms with van der Waals surface area (Å²) in [4.78, 5) is 18.6. The van der Waals surface area contributed by atoms with Gasteiger partial charge in [0.25, 0.3) is 0 Å². The molecule has 0 aromatic carbocycles. The van der Waals surface area contributed by atoms with Gasteiger partial charge in [-0.05, 0) is 32.9 Å². The van der Waals surface area contributed by atoms with Gasteiger partial charge in [0.1, 0.15) is 11.5 Å². The first-order chi connectivity index (χ1) is 10.8. The number of aliphatic hydroxyl groups is 1. The third-order valence-electron chi connectivity index (χ3n) is 4.32. The highest BCUT2D eigenvalue weighted by atomic mass is 16.3. The quantitative estimate of drug-likeness (QED) is 0.844. The summed E-state index contributed by atoms with van der Waals surface area (Å²) in [6, 6.07) is 4.18. The molecule has 1 aromatic rings. The molecule has 1 fully saturated rings. The van der Waals surface area contributed by atoms with Gasteiger partial charge in [0.15, 0.2) is 0 Å². The van der Waals surface area contributed by atoms with Crippen LogP contribution in [-0.4, -0.2) is 77.6 Å². The number of carbonyl (C=O) groups excluding carboxylic acids is 1. The minimum absolute atomic E-state index is 0.107. The van der Waals surface area contributed by atoms with Gasteiger partial charge < -0.3 is 14.4 Å². The fraction of sp³-hybridized carbons (Fsp3) is 0.706. The lowest BCUT2D eigenvalue weighted by atomic mass is 10.1. The molecule has 2 atom stereocenters. The molecular formula is C17H29N3O3. The lowest BCUT2D eigenvalue weighted by molar-refractivity contribution is -0.132. The Labute approximate surface area is 138 Å². The molecule has 1 aromatic heterocycles. The molecule has 0 saturated carbocycles. The molecule has 0 radical (unpaired) electrons. The van der Waals surface area contributed by atoms with Crippen molar-refractivity contribution in [3.05, 3.63) is 23.7 Å². The van der Waals surface area contributed by atoms with Crippen LogP contribution in [0.1, 0.15) is 25.4 Å². The van der Waals surface area contributed by atoms with E-state index in [4.69, 9.17) is 4.42 Å². The number of hydrogen-bond acceptors (Lipinski definition) is 5. The van der Waals surface area contributed by atoms with Crippen molar-refractivity contribution in [2.24, 2.45) is 0 Å². The number of hydrogen-bond donors (Lipinski definition) is 1. The van der Waals surface area contributed by atoms with Crippen LogP contribution >= 0.6 is 0 Å². The van der Waals surface area contributed by atoms with E-state index in [0.29, 0.717) is 25.7 Å². The normalized spacial score (nSPS) is 21.3. The van der Waals surface area contributed by atoms with Crippen LogP contribution in [0.2, 0.25) is 0 Å². The van der Waals surface area contributed by atoms with Crippen molar-refractivity contribution in [1.82, 2.24) is 14.7 Å². The number of aliphatic hydroxyl groups excluding tert-OH is 1. The number of nitrogens with zero attached hydrogens (tertiary/aromatic N) is 3. The van der Waals surface area contributed by atoms with Crippen molar-refractivity contribution in [2.45, 2.75) is 39.5 Å². The van der Waals surface area contributed by atoms with Gasteiger partial charge in [-0.25, -0.2) is 0 Å². The number of rotatable bonds is 6. The van der Waals surface area contributed by atoms with E-state index in [2.05, 4.69) is 16.7 Å². The molecule has 0 bridgehead atoms. The second kappa shape index (κ2) is 7.95. The van der Waals surface area contributed by atoms with Crippen molar-refractivity contribution in [1.29, 1.82) is 0 Å². The summed E-state index contributed by atoms with van der Waals surface area (Å²) >= 11 is 0. The Hall–Kier alpha value is -1.37. The third-order valence-corrected chi connectivity index (χ3v) is 4.32. The summed E-state index contributed by atoms with van der Waals surface area (Å²) in [5, 5.41) is 9.52. The van der Waals surface area contributed by atoms with E-state index in [1.165, 1.54) is 0 Å². The number of furan rings is 1. The van der Waals surface area contributed by atoms with E-state index >= 15 is 0 Å². The molecular weight excluding hydrogens is 294 g/mol. The Kier molecular flexibility index (Phi) is 6.21. The largest absolute Gasteiger partial charge is 0.464 e. The van der Waals surface area contributed by atoms with Crippen molar-refractivity contribution in [3.8, 4) is 0 Å². The van der Waals surface area contributed by atoms with Crippen LogP contribution in [-0.2, 0) is 11.3 Å². The first-order valence-corrected chi connectivity index (χ1v) is 8.29. The summed E-state index contributed by atoms with van der Waals surface area (Å²) in [5.74, 6) is 1.78. The van der Waals surface area contributed by atoms with Gasteiger partial charge in [-0.15, -0.1) is 0 Å². The van der Waals surface area contributed by atoms with E-state index < -0.39 is 0 Å². The predicted octanol–water partition coefficient (Wildman–Crippen LogP) is 0.933. The minimum Gasteiger partial charge on any atom is -0.464 e. The molecule has 0 aliphatic carbocycles. The highest BCUT2D eigenvalue weighted by Crippen LogP contribution is 2.12. The number of aryl methyl sites for hydroxylation is 1. The first-order valence-electron chi connectivity index (χ1n) is 8.29. The zero-order valence-electron chi connectivity index (χ0n) is 14.7. The molecule has 0 spiro atoms. The highest BCUT2D eigenvalue weighted by molar-refractivity contribution is 5.77. The lowest BCUT2D eigenvalue weighted by Gasteiger charge is -2.40. The number of amides is 1. The number of carbonyl (C=O) groups is 1. The lowest BCUT2D eigenvalue weighted by Crippen LogP contribution is -2.55. The molecule has 1 saturated heterocycles. The van der Waals surface area contributed by atoms with Crippen LogP contribution in [0.5, 0.6) is 0 Å². The van der Waals surface area contributed by atoms with Crippen LogP contribution in [0.15, 0.2) is 16.5 Å². The Bertz CT molecular complexity index is 515. The van der Waals surface area contributed by atoms with Gasteiger partial charge >= 0.3 is 0 Å². The average molecular weight is 323 g/mol. The number of likely N-dealkylation sites (N-methyl/N-ethyl adjacent to an activating group) is 1. The predicted molar refractivity (Wildman–Crippen MR) is 89.1 cm³/mol. The van der Waals surface area contributed by atoms with Crippen molar-refractivity contribution >= 4 is 5.91 Å². The zero-order chi connectivity index (χ0) is 17.0. The molecule has 1 N–H and O–H groups in total.